The average Bonchev–Trinajstić information content (AvgIpc) is 3.20. The molecule has 0 aromatic carbocycles. The lowest BCUT2D eigenvalue weighted by Crippen LogP contribution is -2.37. The molecule has 0 bridgehead atoms. The molecule has 350 valence electrons. The fourth-order valence-electron chi connectivity index (χ4n) is 6.55. The predicted octanol–water partition coefficient (Wildman–Crippen LogP) is 14.2. The van der Waals surface area contributed by atoms with Gasteiger partial charge in [-0.15, -0.1) is 0 Å². The summed E-state index contributed by atoms with van der Waals surface area (Å²) in [4.78, 5) is 35.5. The normalized spacial score (nSPS) is 13.9. The Balaban J connectivity index is 4.28. The molecule has 10 heteroatoms. The highest BCUT2D eigenvalue weighted by atomic mass is 31.2. The average molecular weight is 867 g/mol. The van der Waals surface area contributed by atoms with Gasteiger partial charge in [0.25, 0.3) is 0 Å². The first-order chi connectivity index (χ1) is 29.0. The molecular weight excluding hydrogens is 774 g/mol. The Morgan fingerprint density at radius 1 is 0.533 bits per heavy atom. The van der Waals surface area contributed by atoms with Gasteiger partial charge in [0.2, 0.25) is 0 Å². The number of likely N-dealkylation sites (N-methyl/N-ethyl adjacent to an activating group) is 1. The SMILES string of the molecule is CC/C=C\C/C=C\C/C=C\CCCCCCCC(=O)OC[C@H](COP(=O)(O)OCC[N+](C)(C)C)OC(=O)CCCCCCCCCCCCC/C=C\CCCCCCCC. The maximum absolute atomic E-state index is 12.7. The molecule has 9 nitrogen and oxygen atoms in total. The predicted molar refractivity (Wildman–Crippen MR) is 252 cm³/mol. The molecular formula is C50H93NO8P+. The van der Waals surface area contributed by atoms with E-state index in [1.54, 1.807) is 0 Å². The second-order valence-electron chi connectivity index (χ2n) is 17.5. The van der Waals surface area contributed by atoms with E-state index in [4.69, 9.17) is 18.5 Å². The maximum Gasteiger partial charge on any atom is 0.472 e. The number of rotatable bonds is 44. The highest BCUT2D eigenvalue weighted by Crippen LogP contribution is 2.43. The van der Waals surface area contributed by atoms with Crippen molar-refractivity contribution < 1.29 is 42.1 Å². The fraction of sp³-hybridized carbons (Fsp3) is 0.800. The molecule has 0 rings (SSSR count). The number of esters is 2. The zero-order valence-corrected chi connectivity index (χ0v) is 40.3. The van der Waals surface area contributed by atoms with E-state index in [-0.39, 0.29) is 32.0 Å². The Labute approximate surface area is 369 Å². The fourth-order valence-corrected chi connectivity index (χ4v) is 7.29. The number of quaternary nitrogens is 1. The monoisotopic (exact) mass is 867 g/mol. The molecule has 0 spiro atoms. The van der Waals surface area contributed by atoms with Crippen molar-refractivity contribution in [3.05, 3.63) is 48.6 Å². The van der Waals surface area contributed by atoms with Gasteiger partial charge in [0.15, 0.2) is 6.10 Å². The smallest absolute Gasteiger partial charge is 0.462 e. The molecule has 0 saturated carbocycles. The zero-order chi connectivity index (χ0) is 44.3. The lowest BCUT2D eigenvalue weighted by atomic mass is 10.0. The summed E-state index contributed by atoms with van der Waals surface area (Å²) < 4.78 is 34.4. The van der Waals surface area contributed by atoms with E-state index in [1.807, 2.05) is 21.1 Å². The van der Waals surface area contributed by atoms with Crippen LogP contribution in [0.3, 0.4) is 0 Å². The van der Waals surface area contributed by atoms with Gasteiger partial charge in [-0.05, 0) is 70.6 Å². The van der Waals surface area contributed by atoms with Crippen LogP contribution in [-0.2, 0) is 32.7 Å². The number of unbranched alkanes of at least 4 members (excludes halogenated alkanes) is 22. The number of nitrogens with zero attached hydrogens (tertiary/aromatic N) is 1. The summed E-state index contributed by atoms with van der Waals surface area (Å²) in [6, 6.07) is 0. The van der Waals surface area contributed by atoms with Gasteiger partial charge < -0.3 is 18.9 Å². The maximum atomic E-state index is 12.7. The minimum Gasteiger partial charge on any atom is -0.462 e. The summed E-state index contributed by atoms with van der Waals surface area (Å²) in [6.45, 7) is 4.30. The second-order valence-corrected chi connectivity index (χ2v) is 18.9. The number of allylic oxidation sites excluding steroid dienone is 8. The Hall–Kier alpha value is -2.03. The van der Waals surface area contributed by atoms with Crippen molar-refractivity contribution in [3.8, 4) is 0 Å². The Morgan fingerprint density at radius 2 is 0.950 bits per heavy atom. The van der Waals surface area contributed by atoms with Crippen LogP contribution in [0.1, 0.15) is 206 Å². The molecule has 1 unspecified atom stereocenters. The van der Waals surface area contributed by atoms with Gasteiger partial charge in [-0.3, -0.25) is 18.6 Å². The van der Waals surface area contributed by atoms with Crippen LogP contribution < -0.4 is 0 Å². The van der Waals surface area contributed by atoms with Crippen LogP contribution in [0.15, 0.2) is 48.6 Å². The molecule has 0 aliphatic rings. The van der Waals surface area contributed by atoms with Crippen LogP contribution in [0.5, 0.6) is 0 Å². The van der Waals surface area contributed by atoms with Gasteiger partial charge in [-0.25, -0.2) is 4.57 Å². The van der Waals surface area contributed by atoms with E-state index in [0.29, 0.717) is 17.4 Å². The van der Waals surface area contributed by atoms with Crippen molar-refractivity contribution in [1.29, 1.82) is 0 Å². The standard InChI is InChI=1S/C50H92NO8P/c1-6-8-10-12-14-16-18-20-22-23-24-25-26-27-29-31-33-35-37-39-41-43-50(53)59-48(47-58-60(54,55)57-45-44-51(3,4)5)46-56-49(52)42-40-38-36-34-32-30-28-21-19-17-15-13-11-9-7-2/h9,11,15,17,20-22,28,48H,6-8,10,12-14,16,18-19,23-27,29-47H2,1-5H3/p+1/b11-9-,17-15-,22-20-,28-21-/t48-/m1/s1. The molecule has 0 fully saturated rings. The second kappa shape index (κ2) is 42.3. The van der Waals surface area contributed by atoms with E-state index in [9.17, 15) is 19.0 Å². The highest BCUT2D eigenvalue weighted by Gasteiger charge is 2.27. The first-order valence-corrected chi connectivity index (χ1v) is 25.9. The summed E-state index contributed by atoms with van der Waals surface area (Å²) in [7, 11) is 1.46. The van der Waals surface area contributed by atoms with Crippen molar-refractivity contribution in [2.75, 3.05) is 47.5 Å². The van der Waals surface area contributed by atoms with Crippen molar-refractivity contribution >= 4 is 19.8 Å². The Bertz CT molecular complexity index is 1160. The van der Waals surface area contributed by atoms with Gasteiger partial charge in [-0.2, -0.15) is 0 Å². The minimum absolute atomic E-state index is 0.0277. The molecule has 0 heterocycles. The zero-order valence-electron chi connectivity index (χ0n) is 39.4. The van der Waals surface area contributed by atoms with Gasteiger partial charge >= 0.3 is 19.8 Å². The van der Waals surface area contributed by atoms with E-state index in [0.717, 1.165) is 77.0 Å². The lowest BCUT2D eigenvalue weighted by Gasteiger charge is -2.24. The van der Waals surface area contributed by atoms with Crippen LogP contribution in [0, 0.1) is 0 Å². The Morgan fingerprint density at radius 3 is 1.43 bits per heavy atom. The largest absolute Gasteiger partial charge is 0.472 e. The lowest BCUT2D eigenvalue weighted by molar-refractivity contribution is -0.870. The van der Waals surface area contributed by atoms with E-state index < -0.39 is 26.5 Å². The molecule has 0 aliphatic heterocycles. The summed E-state index contributed by atoms with van der Waals surface area (Å²) in [5.41, 5.74) is 0. The molecule has 0 aromatic heterocycles. The molecule has 2 atom stereocenters. The van der Waals surface area contributed by atoms with Crippen LogP contribution >= 0.6 is 7.82 Å². The van der Waals surface area contributed by atoms with Crippen LogP contribution in [0.2, 0.25) is 0 Å². The number of carbonyl (C=O) groups excluding carboxylic acids is 2. The van der Waals surface area contributed by atoms with Crippen molar-refractivity contribution in [1.82, 2.24) is 0 Å². The van der Waals surface area contributed by atoms with Gasteiger partial charge in [0, 0.05) is 12.8 Å². The third kappa shape index (κ3) is 45.5. The molecule has 0 saturated heterocycles. The number of ether oxygens (including phenoxy) is 2. The highest BCUT2D eigenvalue weighted by molar-refractivity contribution is 7.47. The number of carbonyl (C=O) groups is 2. The molecule has 0 aromatic rings. The third-order valence-electron chi connectivity index (χ3n) is 10.3. The molecule has 60 heavy (non-hydrogen) atoms. The van der Waals surface area contributed by atoms with E-state index in [2.05, 4.69) is 62.5 Å². The molecule has 0 amide bonds. The summed E-state index contributed by atoms with van der Waals surface area (Å²) in [5, 5.41) is 0. The van der Waals surface area contributed by atoms with Crippen molar-refractivity contribution in [3.63, 3.8) is 0 Å². The summed E-state index contributed by atoms with van der Waals surface area (Å²) in [5.74, 6) is -0.816. The van der Waals surface area contributed by atoms with Crippen LogP contribution in [0.4, 0.5) is 0 Å². The number of hydrogen-bond acceptors (Lipinski definition) is 7. The molecule has 0 aliphatic carbocycles. The third-order valence-corrected chi connectivity index (χ3v) is 11.3. The van der Waals surface area contributed by atoms with E-state index in [1.165, 1.54) is 96.3 Å². The quantitative estimate of drug-likeness (QED) is 0.0212. The van der Waals surface area contributed by atoms with Crippen molar-refractivity contribution in [2.45, 2.75) is 213 Å². The number of phosphoric acid groups is 1. The van der Waals surface area contributed by atoms with Crippen LogP contribution in [-0.4, -0.2) is 74.9 Å². The van der Waals surface area contributed by atoms with E-state index >= 15 is 0 Å². The van der Waals surface area contributed by atoms with Gasteiger partial charge in [-0.1, -0.05) is 172 Å². The Kier molecular flexibility index (Phi) is 40.8. The topological polar surface area (TPSA) is 108 Å². The van der Waals surface area contributed by atoms with Crippen LogP contribution in [0.25, 0.3) is 0 Å². The number of phosphoric ester groups is 1. The number of hydrogen-bond donors (Lipinski definition) is 1. The summed E-state index contributed by atoms with van der Waals surface area (Å²) in [6.07, 6.45) is 50.2. The first kappa shape index (κ1) is 58.0. The molecule has 0 radical (unpaired) electrons. The van der Waals surface area contributed by atoms with Gasteiger partial charge in [0.05, 0.1) is 27.7 Å². The molecule has 1 N–H and O–H groups in total. The minimum atomic E-state index is -4.38. The summed E-state index contributed by atoms with van der Waals surface area (Å²) >= 11 is 0. The van der Waals surface area contributed by atoms with Crippen molar-refractivity contribution in [2.24, 2.45) is 0 Å². The van der Waals surface area contributed by atoms with Gasteiger partial charge in [0.1, 0.15) is 19.8 Å². The first-order valence-electron chi connectivity index (χ1n) is 24.4.